The Bertz CT molecular complexity index is 855. The van der Waals surface area contributed by atoms with Gasteiger partial charge in [0.1, 0.15) is 5.75 Å². The monoisotopic (exact) mass is 351 g/mol. The fraction of sp³-hybridized carbons (Fsp3) is 0.250. The van der Waals surface area contributed by atoms with Gasteiger partial charge in [-0.25, -0.2) is 0 Å². The predicted molar refractivity (Wildman–Crippen MR) is 99.1 cm³/mol. The van der Waals surface area contributed by atoms with Crippen LogP contribution in [0.5, 0.6) is 5.75 Å². The second kappa shape index (κ2) is 8.29. The summed E-state index contributed by atoms with van der Waals surface area (Å²) >= 11 is 0. The Morgan fingerprint density at radius 3 is 2.38 bits per heavy atom. The number of rotatable bonds is 7. The minimum atomic E-state index is -0.206. The van der Waals surface area contributed by atoms with Crippen molar-refractivity contribution in [2.24, 2.45) is 0 Å². The van der Waals surface area contributed by atoms with E-state index in [0.29, 0.717) is 17.5 Å². The molecule has 0 saturated carbocycles. The van der Waals surface area contributed by atoms with Gasteiger partial charge in [-0.3, -0.25) is 4.79 Å². The van der Waals surface area contributed by atoms with Gasteiger partial charge in [0.15, 0.2) is 12.4 Å². The van der Waals surface area contributed by atoms with Crippen molar-refractivity contribution in [2.45, 2.75) is 26.7 Å². The third-order valence-corrected chi connectivity index (χ3v) is 3.90. The summed E-state index contributed by atoms with van der Waals surface area (Å²) in [6, 6.07) is 15.0. The van der Waals surface area contributed by atoms with Crippen LogP contribution in [-0.2, 0) is 17.6 Å². The van der Waals surface area contributed by atoms with E-state index >= 15 is 0 Å². The van der Waals surface area contributed by atoms with Crippen LogP contribution in [0.4, 0.5) is 5.69 Å². The lowest BCUT2D eigenvalue weighted by atomic mass is 10.1. The Morgan fingerprint density at radius 1 is 1.04 bits per heavy atom. The standard InChI is InChI=1S/C20H21N3O3/c1-3-14-5-9-16(10-6-14)21-19(24)13-25-17-11-7-15(8-12-17)20-22-18(4-2)23-26-20/h5-12H,3-4,13H2,1-2H3,(H,21,24). The number of benzene rings is 2. The summed E-state index contributed by atoms with van der Waals surface area (Å²) in [6.45, 7) is 4.00. The Labute approximate surface area is 152 Å². The van der Waals surface area contributed by atoms with Crippen molar-refractivity contribution in [3.63, 3.8) is 0 Å². The first-order valence-electron chi connectivity index (χ1n) is 8.62. The highest BCUT2D eigenvalue weighted by Gasteiger charge is 2.08. The Balaban J connectivity index is 1.53. The molecule has 0 radical (unpaired) electrons. The molecular formula is C20H21N3O3. The Kier molecular flexibility index (Phi) is 5.63. The Hall–Kier alpha value is -3.15. The van der Waals surface area contributed by atoms with Crippen LogP contribution < -0.4 is 10.1 Å². The highest BCUT2D eigenvalue weighted by atomic mass is 16.5. The van der Waals surface area contributed by atoms with E-state index in [2.05, 4.69) is 22.4 Å². The molecule has 1 amide bonds. The third kappa shape index (κ3) is 4.47. The highest BCUT2D eigenvalue weighted by Crippen LogP contribution is 2.21. The van der Waals surface area contributed by atoms with E-state index in [-0.39, 0.29) is 12.5 Å². The summed E-state index contributed by atoms with van der Waals surface area (Å²) in [5, 5.41) is 6.69. The smallest absolute Gasteiger partial charge is 0.262 e. The first-order chi connectivity index (χ1) is 12.7. The minimum absolute atomic E-state index is 0.0601. The number of nitrogens with zero attached hydrogens (tertiary/aromatic N) is 2. The van der Waals surface area contributed by atoms with Gasteiger partial charge in [0.05, 0.1) is 0 Å². The lowest BCUT2D eigenvalue weighted by molar-refractivity contribution is -0.118. The molecule has 0 aliphatic rings. The van der Waals surface area contributed by atoms with Crippen molar-refractivity contribution in [2.75, 3.05) is 11.9 Å². The molecule has 2 aromatic carbocycles. The van der Waals surface area contributed by atoms with Gasteiger partial charge in [-0.05, 0) is 48.4 Å². The molecule has 6 heteroatoms. The van der Waals surface area contributed by atoms with Crippen molar-refractivity contribution in [1.82, 2.24) is 10.1 Å². The topological polar surface area (TPSA) is 77.2 Å². The van der Waals surface area contributed by atoms with Crippen LogP contribution in [0, 0.1) is 0 Å². The number of hydrogen-bond acceptors (Lipinski definition) is 5. The van der Waals surface area contributed by atoms with Gasteiger partial charge in [-0.2, -0.15) is 4.98 Å². The molecule has 134 valence electrons. The molecule has 0 atom stereocenters. The quantitative estimate of drug-likeness (QED) is 0.699. The normalized spacial score (nSPS) is 10.5. The van der Waals surface area contributed by atoms with Crippen LogP contribution in [0.25, 0.3) is 11.5 Å². The summed E-state index contributed by atoms with van der Waals surface area (Å²) in [4.78, 5) is 16.3. The molecule has 0 unspecified atom stereocenters. The predicted octanol–water partition coefficient (Wildman–Crippen LogP) is 3.88. The molecule has 3 aromatic rings. The molecule has 0 spiro atoms. The molecule has 26 heavy (non-hydrogen) atoms. The first kappa shape index (κ1) is 17.7. The van der Waals surface area contributed by atoms with Gasteiger partial charge in [0.25, 0.3) is 11.8 Å². The van der Waals surface area contributed by atoms with Gasteiger partial charge in [-0.1, -0.05) is 31.1 Å². The summed E-state index contributed by atoms with van der Waals surface area (Å²) < 4.78 is 10.7. The van der Waals surface area contributed by atoms with Crippen LogP contribution in [0.1, 0.15) is 25.2 Å². The van der Waals surface area contributed by atoms with Crippen molar-refractivity contribution in [3.05, 3.63) is 59.9 Å². The average Bonchev–Trinajstić information content (AvgIpc) is 3.17. The van der Waals surface area contributed by atoms with Gasteiger partial charge in [0.2, 0.25) is 0 Å². The number of aromatic nitrogens is 2. The number of anilines is 1. The van der Waals surface area contributed by atoms with Gasteiger partial charge in [-0.15, -0.1) is 0 Å². The van der Waals surface area contributed by atoms with E-state index < -0.39 is 0 Å². The van der Waals surface area contributed by atoms with Gasteiger partial charge < -0.3 is 14.6 Å². The van der Waals surface area contributed by atoms with E-state index in [1.54, 1.807) is 12.1 Å². The van der Waals surface area contributed by atoms with E-state index in [1.807, 2.05) is 43.3 Å². The molecule has 1 heterocycles. The zero-order valence-electron chi connectivity index (χ0n) is 14.9. The summed E-state index contributed by atoms with van der Waals surface area (Å²) in [5.41, 5.74) is 2.80. The number of carbonyl (C=O) groups is 1. The molecule has 0 saturated heterocycles. The van der Waals surface area contributed by atoms with Crippen molar-refractivity contribution in [3.8, 4) is 17.2 Å². The molecular weight excluding hydrogens is 330 g/mol. The summed E-state index contributed by atoms with van der Waals surface area (Å²) in [5.74, 6) is 1.54. The van der Waals surface area contributed by atoms with Crippen molar-refractivity contribution >= 4 is 11.6 Å². The second-order valence-electron chi connectivity index (χ2n) is 5.78. The zero-order chi connectivity index (χ0) is 18.4. The maximum atomic E-state index is 12.0. The lowest BCUT2D eigenvalue weighted by Crippen LogP contribution is -2.20. The molecule has 0 fully saturated rings. The molecule has 1 N–H and O–H groups in total. The molecule has 0 aliphatic heterocycles. The molecule has 1 aromatic heterocycles. The van der Waals surface area contributed by atoms with E-state index in [9.17, 15) is 4.79 Å². The largest absolute Gasteiger partial charge is 0.484 e. The summed E-state index contributed by atoms with van der Waals surface area (Å²) in [7, 11) is 0. The second-order valence-corrected chi connectivity index (χ2v) is 5.78. The van der Waals surface area contributed by atoms with Crippen LogP contribution in [0.15, 0.2) is 53.1 Å². The van der Waals surface area contributed by atoms with Gasteiger partial charge in [0, 0.05) is 17.7 Å². The van der Waals surface area contributed by atoms with Crippen LogP contribution in [0.2, 0.25) is 0 Å². The number of ether oxygens (including phenoxy) is 1. The van der Waals surface area contributed by atoms with Crippen molar-refractivity contribution in [1.29, 1.82) is 0 Å². The number of hydrogen-bond donors (Lipinski definition) is 1. The van der Waals surface area contributed by atoms with E-state index in [0.717, 1.165) is 24.1 Å². The molecule has 6 nitrogen and oxygen atoms in total. The maximum absolute atomic E-state index is 12.0. The lowest BCUT2D eigenvalue weighted by Gasteiger charge is -2.08. The van der Waals surface area contributed by atoms with Crippen LogP contribution in [-0.4, -0.2) is 22.7 Å². The van der Waals surface area contributed by atoms with E-state index in [4.69, 9.17) is 9.26 Å². The maximum Gasteiger partial charge on any atom is 0.262 e. The fourth-order valence-electron chi connectivity index (χ4n) is 2.38. The minimum Gasteiger partial charge on any atom is -0.484 e. The first-order valence-corrected chi connectivity index (χ1v) is 8.62. The summed E-state index contributed by atoms with van der Waals surface area (Å²) in [6.07, 6.45) is 1.69. The average molecular weight is 351 g/mol. The van der Waals surface area contributed by atoms with Crippen LogP contribution >= 0.6 is 0 Å². The van der Waals surface area contributed by atoms with Crippen molar-refractivity contribution < 1.29 is 14.1 Å². The highest BCUT2D eigenvalue weighted by molar-refractivity contribution is 5.91. The SMILES string of the molecule is CCc1ccc(NC(=O)COc2ccc(-c3nc(CC)no3)cc2)cc1. The number of carbonyl (C=O) groups excluding carboxylic acids is 1. The number of amides is 1. The van der Waals surface area contributed by atoms with Crippen LogP contribution in [0.3, 0.4) is 0 Å². The third-order valence-electron chi connectivity index (χ3n) is 3.90. The Morgan fingerprint density at radius 2 is 1.77 bits per heavy atom. The van der Waals surface area contributed by atoms with Gasteiger partial charge >= 0.3 is 0 Å². The van der Waals surface area contributed by atoms with E-state index in [1.165, 1.54) is 5.56 Å². The molecule has 0 bridgehead atoms. The molecule has 0 aliphatic carbocycles. The number of aryl methyl sites for hydroxylation is 2. The zero-order valence-corrected chi connectivity index (χ0v) is 14.9. The number of nitrogens with one attached hydrogen (secondary N) is 1. The molecule has 3 rings (SSSR count). The fourth-order valence-corrected chi connectivity index (χ4v) is 2.38.